The molecule has 1 aliphatic heterocycles. The summed E-state index contributed by atoms with van der Waals surface area (Å²) >= 11 is 0. The highest BCUT2D eigenvalue weighted by Gasteiger charge is 2.52. The summed E-state index contributed by atoms with van der Waals surface area (Å²) in [6.45, 7) is 9.88. The van der Waals surface area contributed by atoms with Crippen LogP contribution in [0.3, 0.4) is 0 Å². The Morgan fingerprint density at radius 1 is 1.18 bits per heavy atom. The largest absolute Gasteiger partial charge is 0.444 e. The molecule has 12 heteroatoms. The van der Waals surface area contributed by atoms with E-state index < -0.39 is 49.7 Å². The van der Waals surface area contributed by atoms with Gasteiger partial charge in [-0.15, -0.1) is 0 Å². The van der Waals surface area contributed by atoms with Crippen LogP contribution < -0.4 is 5.32 Å². The number of nitrogens with zero attached hydrogens (tertiary/aromatic N) is 1. The number of nitrogens with one attached hydrogen (secondary N) is 1. The highest BCUT2D eigenvalue weighted by Crippen LogP contribution is 2.37. The van der Waals surface area contributed by atoms with Crippen LogP contribution in [0.5, 0.6) is 0 Å². The number of carbonyl (C=O) groups is 1. The van der Waals surface area contributed by atoms with Gasteiger partial charge >= 0.3 is 6.09 Å². The molecule has 2 rings (SSSR count). The molecule has 0 unspecified atom stereocenters. The number of sulfonamides is 1. The predicted octanol–water partition coefficient (Wildman–Crippen LogP) is 2.55. The molecular weight excluding hydrogens is 484 g/mol. The number of rotatable bonds is 8. The second-order valence-electron chi connectivity index (χ2n) is 9.51. The second-order valence-corrected chi connectivity index (χ2v) is 13.0. The van der Waals surface area contributed by atoms with Crippen LogP contribution in [0.25, 0.3) is 0 Å². The van der Waals surface area contributed by atoms with Crippen molar-refractivity contribution in [1.29, 1.82) is 0 Å². The van der Waals surface area contributed by atoms with Gasteiger partial charge in [-0.1, -0.05) is 29.8 Å². The minimum Gasteiger partial charge on any atom is -0.444 e. The van der Waals surface area contributed by atoms with E-state index in [2.05, 4.69) is 5.32 Å². The van der Waals surface area contributed by atoms with Crippen molar-refractivity contribution in [2.75, 3.05) is 19.4 Å². The minimum atomic E-state index is -4.03. The molecule has 0 aliphatic carbocycles. The Kier molecular flexibility index (Phi) is 8.58. The van der Waals surface area contributed by atoms with E-state index in [0.29, 0.717) is 0 Å². The lowest BCUT2D eigenvalue weighted by Crippen LogP contribution is -2.52. The van der Waals surface area contributed by atoms with Crippen LogP contribution in [0.1, 0.15) is 40.2 Å². The van der Waals surface area contributed by atoms with Crippen molar-refractivity contribution in [3.8, 4) is 0 Å². The lowest BCUT2D eigenvalue weighted by atomic mass is 10.1. The number of amides is 1. The van der Waals surface area contributed by atoms with Gasteiger partial charge in [0.1, 0.15) is 11.3 Å². The van der Waals surface area contributed by atoms with E-state index in [9.17, 15) is 21.6 Å². The lowest BCUT2D eigenvalue weighted by molar-refractivity contribution is -0.0359. The Balaban J connectivity index is 2.38. The summed E-state index contributed by atoms with van der Waals surface area (Å²) in [7, 11) is -7.67. The van der Waals surface area contributed by atoms with Crippen molar-refractivity contribution in [2.45, 2.75) is 69.9 Å². The van der Waals surface area contributed by atoms with Crippen LogP contribution in [0, 0.1) is 6.92 Å². The number of benzene rings is 1. The summed E-state index contributed by atoms with van der Waals surface area (Å²) < 4.78 is 66.9. The number of carbonyl (C=O) groups excluding carboxylic acids is 1. The van der Waals surface area contributed by atoms with E-state index in [-0.39, 0.29) is 18.0 Å². The van der Waals surface area contributed by atoms with E-state index >= 15 is 0 Å². The fourth-order valence-corrected chi connectivity index (χ4v) is 5.71. The predicted molar refractivity (Wildman–Crippen MR) is 127 cm³/mol. The summed E-state index contributed by atoms with van der Waals surface area (Å²) in [4.78, 5) is 12.4. The summed E-state index contributed by atoms with van der Waals surface area (Å²) in [6, 6.07) is 5.59. The zero-order valence-corrected chi connectivity index (χ0v) is 22.2. The first kappa shape index (κ1) is 28.2. The molecule has 0 radical (unpaired) electrons. The fraction of sp³-hybridized carbons (Fsp3) is 0.591. The first-order chi connectivity index (χ1) is 15.4. The Labute approximate surface area is 202 Å². The molecule has 1 heterocycles. The average Bonchev–Trinajstić information content (AvgIpc) is 2.92. The van der Waals surface area contributed by atoms with Gasteiger partial charge in [0.15, 0.2) is 0 Å². The summed E-state index contributed by atoms with van der Waals surface area (Å²) in [5.74, 6) is 0. The Morgan fingerprint density at radius 3 is 2.29 bits per heavy atom. The molecule has 10 nitrogen and oxygen atoms in total. The van der Waals surface area contributed by atoms with Gasteiger partial charge in [0, 0.05) is 6.54 Å². The van der Waals surface area contributed by atoms with Gasteiger partial charge in [-0.3, -0.25) is 4.18 Å². The third-order valence-corrected chi connectivity index (χ3v) is 7.43. The maximum atomic E-state index is 13.6. The third kappa shape index (κ3) is 7.77. The van der Waals surface area contributed by atoms with Crippen LogP contribution in [-0.4, -0.2) is 70.1 Å². The van der Waals surface area contributed by atoms with Gasteiger partial charge in [0.05, 0.1) is 29.9 Å². The van der Waals surface area contributed by atoms with Crippen LogP contribution in [0.2, 0.25) is 0 Å². The van der Waals surface area contributed by atoms with Gasteiger partial charge in [-0.05, 0) is 53.7 Å². The third-order valence-electron chi connectivity index (χ3n) is 4.77. The second kappa shape index (κ2) is 10.3. The molecule has 1 N–H and O–H groups in total. The molecule has 192 valence electrons. The van der Waals surface area contributed by atoms with E-state index in [1.807, 2.05) is 6.92 Å². The molecule has 1 aromatic rings. The van der Waals surface area contributed by atoms with Gasteiger partial charge < -0.3 is 14.8 Å². The van der Waals surface area contributed by atoms with Crippen molar-refractivity contribution in [3.05, 3.63) is 42.0 Å². The lowest BCUT2D eigenvalue weighted by Gasteiger charge is -2.32. The van der Waals surface area contributed by atoms with E-state index in [4.69, 9.17) is 13.7 Å². The molecule has 0 spiro atoms. The zero-order valence-electron chi connectivity index (χ0n) is 20.6. The number of aryl methyl sites for hydroxylation is 1. The summed E-state index contributed by atoms with van der Waals surface area (Å²) in [5, 5.41) is 2.62. The average molecular weight is 519 g/mol. The molecule has 0 saturated carbocycles. The Hall–Kier alpha value is -1.99. The molecule has 2 atom stereocenters. The number of alkyl carbamates (subject to hydrolysis) is 1. The van der Waals surface area contributed by atoms with E-state index in [1.54, 1.807) is 46.8 Å². The highest BCUT2D eigenvalue weighted by molar-refractivity contribution is 7.89. The highest BCUT2D eigenvalue weighted by atomic mass is 32.2. The Morgan fingerprint density at radius 2 is 1.76 bits per heavy atom. The molecule has 1 aliphatic rings. The van der Waals surface area contributed by atoms with Crippen molar-refractivity contribution >= 4 is 26.2 Å². The normalized spacial score (nSPS) is 21.6. The molecule has 1 saturated heterocycles. The standard InChI is InChI=1S/C22H34N2O8S2/c1-16-10-12-17(13-11-16)34(28,29)24-18(15-23-20(25)32-21(2,3)4)19(31-22(24,5)6)9-8-14-30-33(7,26)27/h8-13,18-19H,14-15H2,1-7H3,(H,23,25)/b9-8+/t18-,19-/m1/s1. The van der Waals surface area contributed by atoms with Crippen LogP contribution in [0.4, 0.5) is 4.79 Å². The maximum absolute atomic E-state index is 13.6. The van der Waals surface area contributed by atoms with E-state index in [0.717, 1.165) is 11.8 Å². The monoisotopic (exact) mass is 518 g/mol. The zero-order chi connectivity index (χ0) is 25.9. The minimum absolute atomic E-state index is 0.0853. The first-order valence-electron chi connectivity index (χ1n) is 10.7. The number of hydrogen-bond acceptors (Lipinski definition) is 8. The first-order valence-corrected chi connectivity index (χ1v) is 13.9. The van der Waals surface area contributed by atoms with Crippen LogP contribution in [0.15, 0.2) is 41.3 Å². The molecule has 1 amide bonds. The van der Waals surface area contributed by atoms with Gasteiger partial charge in [-0.25, -0.2) is 13.2 Å². The Bertz CT molecular complexity index is 1100. The molecule has 1 fully saturated rings. The molecule has 0 aromatic heterocycles. The van der Waals surface area contributed by atoms with Crippen LogP contribution in [-0.2, 0) is 33.8 Å². The van der Waals surface area contributed by atoms with E-state index in [1.165, 1.54) is 28.6 Å². The van der Waals surface area contributed by atoms with Crippen LogP contribution >= 0.6 is 0 Å². The molecule has 1 aromatic carbocycles. The summed E-state index contributed by atoms with van der Waals surface area (Å²) in [5.41, 5.74) is -1.09. The smallest absolute Gasteiger partial charge is 0.407 e. The molecule has 0 bridgehead atoms. The topological polar surface area (TPSA) is 128 Å². The molecular formula is C22H34N2O8S2. The van der Waals surface area contributed by atoms with Crippen molar-refractivity contribution < 1.29 is 35.3 Å². The van der Waals surface area contributed by atoms with Crippen molar-refractivity contribution in [3.63, 3.8) is 0 Å². The van der Waals surface area contributed by atoms with Gasteiger partial charge in [0.25, 0.3) is 10.1 Å². The fourth-order valence-electron chi connectivity index (χ4n) is 3.51. The number of hydrogen-bond donors (Lipinski definition) is 1. The SMILES string of the molecule is Cc1ccc(S(=O)(=O)N2[C@H](CNC(=O)OC(C)(C)C)[C@@H](/C=C/COS(C)(=O)=O)OC2(C)C)cc1. The quantitative estimate of drug-likeness (QED) is 0.411. The van der Waals surface area contributed by atoms with Gasteiger partial charge in [0.2, 0.25) is 10.0 Å². The maximum Gasteiger partial charge on any atom is 0.407 e. The summed E-state index contributed by atoms with van der Waals surface area (Å²) in [6.07, 6.45) is 2.39. The number of ether oxygens (including phenoxy) is 2. The van der Waals surface area contributed by atoms with Gasteiger partial charge in [-0.2, -0.15) is 12.7 Å². The van der Waals surface area contributed by atoms with Crippen molar-refractivity contribution in [1.82, 2.24) is 9.62 Å². The molecule has 34 heavy (non-hydrogen) atoms. The van der Waals surface area contributed by atoms with Crippen molar-refractivity contribution in [2.24, 2.45) is 0 Å².